The van der Waals surface area contributed by atoms with E-state index in [1.54, 1.807) is 12.0 Å². The molecule has 1 N–H and O–H groups in total. The topological polar surface area (TPSA) is 53.0 Å². The zero-order valence-electron chi connectivity index (χ0n) is 19.2. The first-order chi connectivity index (χ1) is 15.3. The minimum Gasteiger partial charge on any atom is -0.497 e. The van der Waals surface area contributed by atoms with Gasteiger partial charge in [0.05, 0.1) is 13.2 Å². The number of anilines is 2. The molecular formula is C27H30N2O3. The SMILES string of the molecule is COc1ccc(N2C(=O)N(c3ccc(C)cc3)C(O)(c3cccc(C)c3)[C@H]2C(C)C)cc1. The van der Waals surface area contributed by atoms with Gasteiger partial charge in [0.1, 0.15) is 5.75 Å². The number of ether oxygens (including phenoxy) is 1. The molecule has 3 aromatic rings. The Morgan fingerprint density at radius 3 is 2.09 bits per heavy atom. The highest BCUT2D eigenvalue weighted by molar-refractivity contribution is 6.08. The molecule has 0 radical (unpaired) electrons. The maximum absolute atomic E-state index is 14.0. The van der Waals surface area contributed by atoms with Gasteiger partial charge in [0, 0.05) is 16.9 Å². The van der Waals surface area contributed by atoms with Gasteiger partial charge in [-0.05, 0) is 56.2 Å². The van der Waals surface area contributed by atoms with Crippen LogP contribution in [0.5, 0.6) is 5.75 Å². The third-order valence-corrected chi connectivity index (χ3v) is 6.15. The number of nitrogens with zero attached hydrogens (tertiary/aromatic N) is 2. The van der Waals surface area contributed by atoms with E-state index in [1.807, 2.05) is 100 Å². The summed E-state index contributed by atoms with van der Waals surface area (Å²) in [6, 6.07) is 22.1. The quantitative estimate of drug-likeness (QED) is 0.571. The van der Waals surface area contributed by atoms with Crippen molar-refractivity contribution in [2.24, 2.45) is 5.92 Å². The number of hydrogen-bond donors (Lipinski definition) is 1. The van der Waals surface area contributed by atoms with Crippen LogP contribution in [-0.4, -0.2) is 24.3 Å². The van der Waals surface area contributed by atoms with Crippen LogP contribution >= 0.6 is 0 Å². The monoisotopic (exact) mass is 430 g/mol. The summed E-state index contributed by atoms with van der Waals surface area (Å²) in [4.78, 5) is 17.2. The first kappa shape index (κ1) is 21.9. The fraction of sp³-hybridized carbons (Fsp3) is 0.296. The Labute approximate surface area is 189 Å². The molecule has 0 spiro atoms. The van der Waals surface area contributed by atoms with Crippen LogP contribution in [0.3, 0.4) is 0 Å². The second-order valence-corrected chi connectivity index (χ2v) is 8.81. The summed E-state index contributed by atoms with van der Waals surface area (Å²) in [6.07, 6.45) is 0. The van der Waals surface area contributed by atoms with E-state index >= 15 is 0 Å². The average molecular weight is 431 g/mol. The van der Waals surface area contributed by atoms with E-state index in [-0.39, 0.29) is 11.9 Å². The van der Waals surface area contributed by atoms with E-state index in [9.17, 15) is 9.90 Å². The van der Waals surface area contributed by atoms with Crippen molar-refractivity contribution in [2.75, 3.05) is 16.9 Å². The molecule has 5 nitrogen and oxygen atoms in total. The molecule has 1 saturated heterocycles. The third kappa shape index (κ3) is 3.53. The second-order valence-electron chi connectivity index (χ2n) is 8.81. The van der Waals surface area contributed by atoms with Crippen molar-refractivity contribution in [1.29, 1.82) is 0 Å². The van der Waals surface area contributed by atoms with E-state index < -0.39 is 11.8 Å². The van der Waals surface area contributed by atoms with Crippen molar-refractivity contribution in [3.05, 3.63) is 89.5 Å². The van der Waals surface area contributed by atoms with Crippen molar-refractivity contribution in [1.82, 2.24) is 0 Å². The van der Waals surface area contributed by atoms with E-state index in [0.29, 0.717) is 17.0 Å². The van der Waals surface area contributed by atoms with Crippen LogP contribution in [0, 0.1) is 19.8 Å². The van der Waals surface area contributed by atoms with Gasteiger partial charge in [-0.1, -0.05) is 61.4 Å². The van der Waals surface area contributed by atoms with E-state index in [2.05, 4.69) is 0 Å². The van der Waals surface area contributed by atoms with Crippen LogP contribution in [0.1, 0.15) is 30.5 Å². The summed E-state index contributed by atoms with van der Waals surface area (Å²) in [5.41, 5.74) is 2.64. The fourth-order valence-corrected chi connectivity index (χ4v) is 4.64. The summed E-state index contributed by atoms with van der Waals surface area (Å²) >= 11 is 0. The van der Waals surface area contributed by atoms with Gasteiger partial charge in [-0.15, -0.1) is 0 Å². The van der Waals surface area contributed by atoms with Crippen LogP contribution in [0.25, 0.3) is 0 Å². The Kier molecular flexibility index (Phi) is 5.70. The third-order valence-electron chi connectivity index (χ3n) is 6.15. The number of carbonyl (C=O) groups is 1. The van der Waals surface area contributed by atoms with Gasteiger partial charge >= 0.3 is 6.03 Å². The number of methoxy groups -OCH3 is 1. The average Bonchev–Trinajstić information content (AvgIpc) is 3.02. The Morgan fingerprint density at radius 2 is 1.53 bits per heavy atom. The minimum atomic E-state index is -1.55. The normalized spacial score (nSPS) is 20.8. The number of benzene rings is 3. The lowest BCUT2D eigenvalue weighted by Gasteiger charge is -2.39. The van der Waals surface area contributed by atoms with Gasteiger partial charge < -0.3 is 9.84 Å². The number of carbonyl (C=O) groups excluding carboxylic acids is 1. The zero-order chi connectivity index (χ0) is 23.0. The highest BCUT2D eigenvalue weighted by atomic mass is 16.5. The van der Waals surface area contributed by atoms with Gasteiger partial charge in [-0.25, -0.2) is 4.79 Å². The molecule has 0 aromatic heterocycles. The van der Waals surface area contributed by atoms with Gasteiger partial charge in [0.15, 0.2) is 5.72 Å². The summed E-state index contributed by atoms with van der Waals surface area (Å²) in [5.74, 6) is 0.688. The second kappa shape index (κ2) is 8.32. The van der Waals surface area contributed by atoms with Crippen LogP contribution in [-0.2, 0) is 5.72 Å². The van der Waals surface area contributed by atoms with Crippen LogP contribution in [0.4, 0.5) is 16.2 Å². The molecule has 0 bridgehead atoms. The van der Waals surface area contributed by atoms with Gasteiger partial charge in [-0.2, -0.15) is 0 Å². The number of aryl methyl sites for hydroxylation is 2. The van der Waals surface area contributed by atoms with Gasteiger partial charge in [0.25, 0.3) is 0 Å². The Bertz CT molecular complexity index is 1110. The first-order valence-corrected chi connectivity index (χ1v) is 10.9. The predicted octanol–water partition coefficient (Wildman–Crippen LogP) is 5.63. The van der Waals surface area contributed by atoms with E-state index in [1.165, 1.54) is 4.90 Å². The highest BCUT2D eigenvalue weighted by Crippen LogP contribution is 2.47. The fourth-order valence-electron chi connectivity index (χ4n) is 4.64. The molecule has 1 aliphatic heterocycles. The van der Waals surface area contributed by atoms with Crippen molar-refractivity contribution in [2.45, 2.75) is 39.5 Å². The summed E-state index contributed by atoms with van der Waals surface area (Å²) in [7, 11) is 1.61. The van der Waals surface area contributed by atoms with Crippen LogP contribution < -0.4 is 14.5 Å². The molecule has 4 rings (SSSR count). The minimum absolute atomic E-state index is 0.0259. The maximum atomic E-state index is 14.0. The molecule has 5 heteroatoms. The van der Waals surface area contributed by atoms with Crippen molar-refractivity contribution in [3.8, 4) is 5.75 Å². The summed E-state index contributed by atoms with van der Waals surface area (Å²) < 4.78 is 5.29. The Morgan fingerprint density at radius 1 is 0.906 bits per heavy atom. The smallest absolute Gasteiger partial charge is 0.332 e. The highest BCUT2D eigenvalue weighted by Gasteiger charge is 2.59. The predicted molar refractivity (Wildman–Crippen MR) is 128 cm³/mol. The molecular weight excluding hydrogens is 400 g/mol. The lowest BCUT2D eigenvalue weighted by atomic mass is 9.86. The molecule has 2 amide bonds. The zero-order valence-corrected chi connectivity index (χ0v) is 19.2. The molecule has 3 aromatic carbocycles. The number of aliphatic hydroxyl groups is 1. The lowest BCUT2D eigenvalue weighted by molar-refractivity contribution is 0.0177. The Hall–Kier alpha value is -3.31. The summed E-state index contributed by atoms with van der Waals surface area (Å²) in [6.45, 7) is 8.07. The number of hydrogen-bond acceptors (Lipinski definition) is 3. The number of urea groups is 1. The standard InChI is InChI=1S/C27H30N2O3/c1-18(2)25-27(31,21-8-6-7-20(4)17-21)29(23-11-9-19(3)10-12-23)26(30)28(25)22-13-15-24(32-5)16-14-22/h6-18,25,31H,1-5H3/t25-,27?/m1/s1. The van der Waals surface area contributed by atoms with Crippen LogP contribution in [0.15, 0.2) is 72.8 Å². The van der Waals surface area contributed by atoms with Gasteiger partial charge in [0.2, 0.25) is 0 Å². The largest absolute Gasteiger partial charge is 0.497 e. The van der Waals surface area contributed by atoms with E-state index in [4.69, 9.17) is 4.74 Å². The molecule has 166 valence electrons. The molecule has 32 heavy (non-hydrogen) atoms. The van der Waals surface area contributed by atoms with Crippen molar-refractivity contribution in [3.63, 3.8) is 0 Å². The Balaban J connectivity index is 1.95. The van der Waals surface area contributed by atoms with Gasteiger partial charge in [-0.3, -0.25) is 9.80 Å². The van der Waals surface area contributed by atoms with Crippen molar-refractivity contribution < 1.29 is 14.6 Å². The van der Waals surface area contributed by atoms with Crippen LogP contribution in [0.2, 0.25) is 0 Å². The van der Waals surface area contributed by atoms with E-state index in [0.717, 1.165) is 16.8 Å². The molecule has 0 aliphatic carbocycles. The molecule has 1 heterocycles. The molecule has 1 aliphatic rings. The number of rotatable bonds is 5. The van der Waals surface area contributed by atoms with Crippen molar-refractivity contribution >= 4 is 17.4 Å². The molecule has 2 atom stereocenters. The molecule has 1 fully saturated rings. The summed E-state index contributed by atoms with van der Waals surface area (Å²) in [5, 5.41) is 12.4. The lowest BCUT2D eigenvalue weighted by Crippen LogP contribution is -2.52. The first-order valence-electron chi connectivity index (χ1n) is 10.9. The molecule has 1 unspecified atom stereocenters. The molecule has 0 saturated carbocycles. The number of amides is 2. The maximum Gasteiger partial charge on any atom is 0.332 e.